The molecule has 1 saturated heterocycles. The third-order valence-electron chi connectivity index (χ3n) is 6.51. The van der Waals surface area contributed by atoms with Crippen molar-refractivity contribution in [2.45, 2.75) is 38.5 Å². The monoisotopic (exact) mass is 467 g/mol. The number of carbonyl (C=O) groups excluding carboxylic acids is 2. The number of amides is 2. The second kappa shape index (κ2) is 11.8. The maximum absolute atomic E-state index is 13.6. The Kier molecular flexibility index (Phi) is 8.36. The first-order valence-electron chi connectivity index (χ1n) is 12.2. The summed E-state index contributed by atoms with van der Waals surface area (Å²) in [6.45, 7) is 2.58. The summed E-state index contributed by atoms with van der Waals surface area (Å²) >= 11 is 0. The molecule has 2 aliphatic rings. The fourth-order valence-corrected chi connectivity index (χ4v) is 4.50. The van der Waals surface area contributed by atoms with Gasteiger partial charge in [-0.3, -0.25) is 9.59 Å². The van der Waals surface area contributed by atoms with Crippen LogP contribution in [0.3, 0.4) is 0 Å². The number of hydrogen-bond donors (Lipinski definition) is 1. The van der Waals surface area contributed by atoms with E-state index in [0.29, 0.717) is 49.2 Å². The van der Waals surface area contributed by atoms with Crippen LogP contribution in [-0.2, 0) is 4.79 Å². The fraction of sp³-hybridized carbons (Fsp3) is 0.500. The van der Waals surface area contributed by atoms with Gasteiger partial charge >= 0.3 is 0 Å². The van der Waals surface area contributed by atoms with Crippen molar-refractivity contribution in [1.82, 2.24) is 14.8 Å². The second-order valence-corrected chi connectivity index (χ2v) is 8.88. The van der Waals surface area contributed by atoms with Gasteiger partial charge in [0.1, 0.15) is 12.1 Å². The molecule has 0 bridgehead atoms. The number of aliphatic hydroxyl groups excluding tert-OH is 1. The van der Waals surface area contributed by atoms with Crippen LogP contribution in [0.1, 0.15) is 48.9 Å². The minimum Gasteiger partial charge on any atom is -0.490 e. The van der Waals surface area contributed by atoms with Crippen LogP contribution in [0.5, 0.6) is 17.4 Å². The van der Waals surface area contributed by atoms with Crippen molar-refractivity contribution in [3.63, 3.8) is 0 Å². The molecule has 3 heterocycles. The first kappa shape index (κ1) is 24.0. The Morgan fingerprint density at radius 1 is 1.03 bits per heavy atom. The van der Waals surface area contributed by atoms with E-state index in [2.05, 4.69) is 4.98 Å². The maximum atomic E-state index is 13.6. The van der Waals surface area contributed by atoms with Crippen molar-refractivity contribution in [2.75, 3.05) is 39.4 Å². The van der Waals surface area contributed by atoms with Gasteiger partial charge in [-0.25, -0.2) is 4.98 Å². The van der Waals surface area contributed by atoms with Crippen LogP contribution in [0.4, 0.5) is 0 Å². The third kappa shape index (κ3) is 6.05. The third-order valence-corrected chi connectivity index (χ3v) is 6.51. The van der Waals surface area contributed by atoms with Crippen LogP contribution < -0.4 is 9.47 Å². The molecule has 1 aromatic heterocycles. The Bertz CT molecular complexity index is 974. The molecule has 2 amide bonds. The minimum absolute atomic E-state index is 0.0327. The summed E-state index contributed by atoms with van der Waals surface area (Å²) in [5.41, 5.74) is 0.325. The van der Waals surface area contributed by atoms with E-state index in [-0.39, 0.29) is 30.8 Å². The summed E-state index contributed by atoms with van der Waals surface area (Å²) in [5.74, 6) is 1.47. The lowest BCUT2D eigenvalue weighted by atomic mass is 9.94. The van der Waals surface area contributed by atoms with Crippen LogP contribution >= 0.6 is 0 Å². The summed E-state index contributed by atoms with van der Waals surface area (Å²) in [6, 6.07) is 10.7. The molecule has 1 aromatic carbocycles. The first-order valence-corrected chi connectivity index (χ1v) is 12.2. The van der Waals surface area contributed by atoms with Crippen LogP contribution in [0.15, 0.2) is 42.6 Å². The van der Waals surface area contributed by atoms with Gasteiger partial charge in [-0.05, 0) is 68.7 Å². The number of hydrogen-bond acceptors (Lipinski definition) is 6. The van der Waals surface area contributed by atoms with Crippen molar-refractivity contribution in [3.8, 4) is 17.4 Å². The first-order chi connectivity index (χ1) is 16.7. The second-order valence-electron chi connectivity index (χ2n) is 8.88. The molecule has 2 aliphatic heterocycles. The minimum atomic E-state index is -0.260. The lowest BCUT2D eigenvalue weighted by molar-refractivity contribution is -0.133. The van der Waals surface area contributed by atoms with E-state index >= 15 is 0 Å². The van der Waals surface area contributed by atoms with Gasteiger partial charge in [0.2, 0.25) is 11.8 Å². The Labute approximate surface area is 200 Å². The smallest absolute Gasteiger partial charge is 0.259 e. The molecule has 2 aromatic rings. The highest BCUT2D eigenvalue weighted by Crippen LogP contribution is 2.32. The number of ether oxygens (including phenoxy) is 2. The van der Waals surface area contributed by atoms with Crippen molar-refractivity contribution in [1.29, 1.82) is 0 Å². The van der Waals surface area contributed by atoms with Crippen LogP contribution in [0, 0.1) is 5.92 Å². The van der Waals surface area contributed by atoms with Crippen molar-refractivity contribution >= 4 is 11.8 Å². The zero-order valence-corrected chi connectivity index (χ0v) is 19.5. The largest absolute Gasteiger partial charge is 0.490 e. The number of piperidine rings is 1. The molecule has 0 radical (unpaired) electrons. The standard InChI is InChI=1S/C26H33N3O5/c30-17-12-20-10-15-28(16-11-20)24(31)19-29-14-4-1-5-18-33-22-8-2-3-9-23(22)34-25-21(26(29)32)7-6-13-27-25/h2-3,6-9,13,20,30H,1,4-5,10-12,14-19H2. The number of pyridine rings is 1. The molecular weight excluding hydrogens is 434 g/mol. The summed E-state index contributed by atoms with van der Waals surface area (Å²) in [4.78, 5) is 34.5. The summed E-state index contributed by atoms with van der Waals surface area (Å²) in [5, 5.41) is 9.17. The van der Waals surface area contributed by atoms with E-state index in [1.165, 1.54) is 0 Å². The normalized spacial score (nSPS) is 17.9. The van der Waals surface area contributed by atoms with E-state index < -0.39 is 0 Å². The number of rotatable bonds is 4. The van der Waals surface area contributed by atoms with Gasteiger partial charge in [0.05, 0.1) is 6.61 Å². The SMILES string of the molecule is O=C(CN1CCCCCOc2ccccc2Oc2ncccc2C1=O)N1CCC(CCO)CC1. The number of carbonyl (C=O) groups is 2. The number of aliphatic hydroxyl groups is 1. The van der Waals surface area contributed by atoms with Gasteiger partial charge in [-0.2, -0.15) is 0 Å². The summed E-state index contributed by atoms with van der Waals surface area (Å²) < 4.78 is 11.9. The van der Waals surface area contributed by atoms with E-state index in [9.17, 15) is 14.7 Å². The summed E-state index contributed by atoms with van der Waals surface area (Å²) in [6.07, 6.45) is 6.64. The number of benzene rings is 1. The lowest BCUT2D eigenvalue weighted by Crippen LogP contribution is -2.46. The Balaban J connectivity index is 1.52. The molecule has 0 spiro atoms. The van der Waals surface area contributed by atoms with E-state index in [0.717, 1.165) is 38.5 Å². The Morgan fingerprint density at radius 2 is 1.82 bits per heavy atom. The number of likely N-dealkylation sites (tertiary alicyclic amines) is 1. The maximum Gasteiger partial charge on any atom is 0.259 e. The molecule has 0 saturated carbocycles. The fourth-order valence-electron chi connectivity index (χ4n) is 4.50. The molecule has 1 N–H and O–H groups in total. The quantitative estimate of drug-likeness (QED) is 0.740. The highest BCUT2D eigenvalue weighted by atomic mass is 16.5. The molecular formula is C26H33N3O5. The molecule has 8 nitrogen and oxygen atoms in total. The highest BCUT2D eigenvalue weighted by molar-refractivity contribution is 5.98. The number of fused-ring (bicyclic) bond motifs is 2. The van der Waals surface area contributed by atoms with Gasteiger partial charge in [0.15, 0.2) is 11.5 Å². The molecule has 0 aliphatic carbocycles. The predicted octanol–water partition coefficient (Wildman–Crippen LogP) is 3.50. The number of nitrogens with zero attached hydrogens (tertiary/aromatic N) is 3. The van der Waals surface area contributed by atoms with Gasteiger partial charge in [0.25, 0.3) is 5.91 Å². The molecule has 1 fully saturated rings. The molecule has 0 atom stereocenters. The van der Waals surface area contributed by atoms with E-state index in [1.807, 2.05) is 23.1 Å². The van der Waals surface area contributed by atoms with Crippen molar-refractivity contribution < 1.29 is 24.2 Å². The number of para-hydroxylation sites is 2. The van der Waals surface area contributed by atoms with Gasteiger partial charge in [0, 0.05) is 32.4 Å². The molecule has 8 heteroatoms. The van der Waals surface area contributed by atoms with Crippen molar-refractivity contribution in [3.05, 3.63) is 48.2 Å². The molecule has 182 valence electrons. The predicted molar refractivity (Wildman–Crippen MR) is 127 cm³/mol. The van der Waals surface area contributed by atoms with Crippen LogP contribution in [0.25, 0.3) is 0 Å². The lowest BCUT2D eigenvalue weighted by Gasteiger charge is -2.33. The van der Waals surface area contributed by atoms with Gasteiger partial charge in [-0.15, -0.1) is 0 Å². The zero-order chi connectivity index (χ0) is 23.8. The zero-order valence-electron chi connectivity index (χ0n) is 19.5. The van der Waals surface area contributed by atoms with Gasteiger partial charge < -0.3 is 24.4 Å². The topological polar surface area (TPSA) is 92.2 Å². The van der Waals surface area contributed by atoms with Crippen LogP contribution in [-0.4, -0.2) is 71.1 Å². The highest BCUT2D eigenvalue weighted by Gasteiger charge is 2.28. The Hall–Kier alpha value is -3.13. The average Bonchev–Trinajstić information content (AvgIpc) is 2.87. The van der Waals surface area contributed by atoms with E-state index in [1.54, 1.807) is 29.3 Å². The molecule has 34 heavy (non-hydrogen) atoms. The van der Waals surface area contributed by atoms with Crippen molar-refractivity contribution in [2.24, 2.45) is 5.92 Å². The van der Waals surface area contributed by atoms with Crippen LogP contribution in [0.2, 0.25) is 0 Å². The van der Waals surface area contributed by atoms with Gasteiger partial charge in [-0.1, -0.05) is 12.1 Å². The van der Waals surface area contributed by atoms with E-state index in [4.69, 9.17) is 9.47 Å². The number of aromatic nitrogens is 1. The molecule has 4 rings (SSSR count). The average molecular weight is 468 g/mol. The summed E-state index contributed by atoms with van der Waals surface area (Å²) in [7, 11) is 0. The Morgan fingerprint density at radius 3 is 2.62 bits per heavy atom. The molecule has 0 unspecified atom stereocenters.